The van der Waals surface area contributed by atoms with Crippen LogP contribution in [0.2, 0.25) is 0 Å². The molecule has 0 unspecified atom stereocenters. The van der Waals surface area contributed by atoms with Crippen LogP contribution in [0.25, 0.3) is 11.4 Å². The number of benzene rings is 1. The summed E-state index contributed by atoms with van der Waals surface area (Å²) in [4.78, 5) is 15.9. The number of nitrogens with zero attached hydrogens (tertiary/aromatic N) is 7. The van der Waals surface area contributed by atoms with E-state index in [1.165, 1.54) is 4.80 Å². The minimum atomic E-state index is -0.0905. The molecule has 4 rings (SSSR count). The van der Waals surface area contributed by atoms with Gasteiger partial charge in [0.25, 0.3) is 5.91 Å². The van der Waals surface area contributed by atoms with Crippen LogP contribution in [-0.2, 0) is 11.4 Å². The maximum absolute atomic E-state index is 12.7. The Morgan fingerprint density at radius 3 is 2.59 bits per heavy atom. The van der Waals surface area contributed by atoms with E-state index in [1.807, 2.05) is 44.2 Å². The minimum Gasteiger partial charge on any atom is -0.372 e. The van der Waals surface area contributed by atoms with Crippen LogP contribution in [0.15, 0.2) is 42.6 Å². The molecule has 0 bridgehead atoms. The molecule has 0 radical (unpaired) electrons. The predicted molar refractivity (Wildman–Crippen MR) is 96.8 cm³/mol. The van der Waals surface area contributed by atoms with Crippen LogP contribution in [0.3, 0.4) is 0 Å². The van der Waals surface area contributed by atoms with Gasteiger partial charge in [-0.25, -0.2) is 4.68 Å². The van der Waals surface area contributed by atoms with Gasteiger partial charge in [0.1, 0.15) is 5.69 Å². The van der Waals surface area contributed by atoms with E-state index in [0.29, 0.717) is 24.6 Å². The Balaban J connectivity index is 1.44. The fraction of sp³-hybridized carbons (Fsp3) is 0.389. The van der Waals surface area contributed by atoms with Crippen molar-refractivity contribution in [2.75, 3.05) is 13.1 Å². The molecule has 1 aliphatic heterocycles. The number of carbonyl (C=O) groups is 1. The highest BCUT2D eigenvalue weighted by Gasteiger charge is 2.27. The first-order chi connectivity index (χ1) is 13.1. The molecular formula is C18H21N7O2. The lowest BCUT2D eigenvalue weighted by Gasteiger charge is -2.34. The van der Waals surface area contributed by atoms with Gasteiger partial charge in [-0.15, -0.1) is 15.0 Å². The molecule has 9 nitrogen and oxygen atoms in total. The van der Waals surface area contributed by atoms with E-state index in [-0.39, 0.29) is 24.8 Å². The molecule has 3 aromatic rings. The van der Waals surface area contributed by atoms with Gasteiger partial charge in [0.05, 0.1) is 12.2 Å². The molecule has 1 amide bonds. The largest absolute Gasteiger partial charge is 0.372 e. The Hall–Kier alpha value is -3.07. The summed E-state index contributed by atoms with van der Waals surface area (Å²) in [6, 6.07) is 11.4. The average molecular weight is 367 g/mol. The number of tetrazole rings is 1. The van der Waals surface area contributed by atoms with Crippen molar-refractivity contribution in [1.29, 1.82) is 0 Å². The SMILES string of the molecule is C[C@@H]1CN(C(=O)c2ccn(Cn3nnc(-c4ccccc4)n3)n2)C[C@H](C)O1. The third-order valence-electron chi connectivity index (χ3n) is 4.32. The van der Waals surface area contributed by atoms with Gasteiger partial charge in [0, 0.05) is 24.8 Å². The molecule has 9 heteroatoms. The number of carbonyl (C=O) groups excluding carboxylic acids is 1. The smallest absolute Gasteiger partial charge is 0.274 e. The van der Waals surface area contributed by atoms with Crippen LogP contribution in [0.1, 0.15) is 24.3 Å². The number of ether oxygens (including phenoxy) is 1. The highest BCUT2D eigenvalue weighted by Crippen LogP contribution is 2.14. The Morgan fingerprint density at radius 2 is 1.85 bits per heavy atom. The summed E-state index contributed by atoms with van der Waals surface area (Å²) in [6.07, 6.45) is 1.79. The molecule has 140 valence electrons. The molecule has 1 aliphatic rings. The fourth-order valence-electron chi connectivity index (χ4n) is 3.20. The van der Waals surface area contributed by atoms with Gasteiger partial charge >= 0.3 is 0 Å². The monoisotopic (exact) mass is 367 g/mol. The second kappa shape index (κ2) is 7.28. The third-order valence-corrected chi connectivity index (χ3v) is 4.32. The van der Waals surface area contributed by atoms with Crippen LogP contribution in [0.4, 0.5) is 0 Å². The van der Waals surface area contributed by atoms with E-state index in [1.54, 1.807) is 21.8 Å². The van der Waals surface area contributed by atoms with Crippen molar-refractivity contribution in [2.24, 2.45) is 0 Å². The second-order valence-corrected chi connectivity index (χ2v) is 6.70. The quantitative estimate of drug-likeness (QED) is 0.690. The van der Waals surface area contributed by atoms with Gasteiger partial charge in [-0.05, 0) is 25.1 Å². The summed E-state index contributed by atoms with van der Waals surface area (Å²) in [5.74, 6) is 0.461. The highest BCUT2D eigenvalue weighted by atomic mass is 16.5. The maximum Gasteiger partial charge on any atom is 0.274 e. The summed E-state index contributed by atoms with van der Waals surface area (Å²) in [5, 5.41) is 16.9. The zero-order valence-corrected chi connectivity index (χ0v) is 15.3. The predicted octanol–water partition coefficient (Wildman–Crippen LogP) is 1.29. The molecule has 0 N–H and O–H groups in total. The summed E-state index contributed by atoms with van der Waals surface area (Å²) in [6.45, 7) is 5.36. The van der Waals surface area contributed by atoms with E-state index in [0.717, 1.165) is 5.56 Å². The summed E-state index contributed by atoms with van der Waals surface area (Å²) in [7, 11) is 0. The molecule has 0 aliphatic carbocycles. The first-order valence-electron chi connectivity index (χ1n) is 8.90. The first-order valence-corrected chi connectivity index (χ1v) is 8.90. The van der Waals surface area contributed by atoms with E-state index in [2.05, 4.69) is 20.5 Å². The number of hydrogen-bond donors (Lipinski definition) is 0. The highest BCUT2D eigenvalue weighted by molar-refractivity contribution is 5.92. The van der Waals surface area contributed by atoms with Crippen molar-refractivity contribution in [3.63, 3.8) is 0 Å². The summed E-state index contributed by atoms with van der Waals surface area (Å²) in [5.41, 5.74) is 1.30. The van der Waals surface area contributed by atoms with Gasteiger partial charge in [0.2, 0.25) is 5.82 Å². The van der Waals surface area contributed by atoms with Crippen LogP contribution >= 0.6 is 0 Å². The molecule has 1 fully saturated rings. The van der Waals surface area contributed by atoms with Gasteiger partial charge in [-0.2, -0.15) is 5.10 Å². The second-order valence-electron chi connectivity index (χ2n) is 6.70. The summed E-state index contributed by atoms with van der Waals surface area (Å²) < 4.78 is 7.30. The van der Waals surface area contributed by atoms with E-state index < -0.39 is 0 Å². The molecule has 2 atom stereocenters. The standard InChI is InChI=1S/C18H21N7O2/c1-13-10-23(11-14(2)27-13)18(26)16-8-9-24(20-16)12-25-21-17(19-22-25)15-6-4-3-5-7-15/h3-9,13-14H,10-12H2,1-2H3/t13-,14+. The lowest BCUT2D eigenvalue weighted by molar-refractivity contribution is -0.0587. The van der Waals surface area contributed by atoms with Crippen molar-refractivity contribution < 1.29 is 9.53 Å². The van der Waals surface area contributed by atoms with Crippen molar-refractivity contribution in [2.45, 2.75) is 32.7 Å². The Morgan fingerprint density at radius 1 is 1.11 bits per heavy atom. The third kappa shape index (κ3) is 3.87. The van der Waals surface area contributed by atoms with E-state index in [9.17, 15) is 4.79 Å². The molecule has 1 aromatic carbocycles. The van der Waals surface area contributed by atoms with Crippen molar-refractivity contribution >= 4 is 5.91 Å². The fourth-order valence-corrected chi connectivity index (χ4v) is 3.20. The van der Waals surface area contributed by atoms with Gasteiger partial charge in [0.15, 0.2) is 6.67 Å². The Labute approximate surface area is 156 Å². The van der Waals surface area contributed by atoms with Crippen LogP contribution in [-0.4, -0.2) is 66.1 Å². The molecule has 1 saturated heterocycles. The first kappa shape index (κ1) is 17.3. The summed E-state index contributed by atoms with van der Waals surface area (Å²) >= 11 is 0. The zero-order valence-electron chi connectivity index (χ0n) is 15.3. The zero-order chi connectivity index (χ0) is 18.8. The lowest BCUT2D eigenvalue weighted by atomic mass is 10.2. The number of morpholine rings is 1. The molecule has 2 aromatic heterocycles. The van der Waals surface area contributed by atoms with Gasteiger partial charge < -0.3 is 9.64 Å². The molecular weight excluding hydrogens is 346 g/mol. The average Bonchev–Trinajstić information content (AvgIpc) is 3.31. The molecule has 0 spiro atoms. The van der Waals surface area contributed by atoms with E-state index >= 15 is 0 Å². The van der Waals surface area contributed by atoms with Gasteiger partial charge in [-0.1, -0.05) is 30.3 Å². The van der Waals surface area contributed by atoms with Crippen molar-refractivity contribution in [3.05, 3.63) is 48.3 Å². The number of rotatable bonds is 4. The molecule has 3 heterocycles. The number of hydrogen-bond acceptors (Lipinski definition) is 6. The lowest BCUT2D eigenvalue weighted by Crippen LogP contribution is -2.48. The van der Waals surface area contributed by atoms with Crippen LogP contribution < -0.4 is 0 Å². The maximum atomic E-state index is 12.7. The topological polar surface area (TPSA) is 91.0 Å². The van der Waals surface area contributed by atoms with Crippen molar-refractivity contribution in [1.82, 2.24) is 34.9 Å². The number of aromatic nitrogens is 6. The normalized spacial score (nSPS) is 20.0. The van der Waals surface area contributed by atoms with Gasteiger partial charge in [-0.3, -0.25) is 4.79 Å². The van der Waals surface area contributed by atoms with Crippen molar-refractivity contribution in [3.8, 4) is 11.4 Å². The number of amides is 1. The van der Waals surface area contributed by atoms with E-state index in [4.69, 9.17) is 4.74 Å². The molecule has 0 saturated carbocycles. The Kier molecular flexibility index (Phi) is 4.68. The van der Waals surface area contributed by atoms with Crippen LogP contribution in [0.5, 0.6) is 0 Å². The molecule has 27 heavy (non-hydrogen) atoms. The van der Waals surface area contributed by atoms with Crippen LogP contribution in [0, 0.1) is 0 Å². The Bertz CT molecular complexity index is 911. The minimum absolute atomic E-state index is 0.0236.